The van der Waals surface area contributed by atoms with E-state index in [-0.39, 0.29) is 58.9 Å². The summed E-state index contributed by atoms with van der Waals surface area (Å²) >= 11 is 0. The largest absolute Gasteiger partial charge is 0.291 e. The molecule has 4 rings (SSSR count). The van der Waals surface area contributed by atoms with Crippen LogP contribution in [0.4, 0.5) is 0 Å². The zero-order valence-corrected chi connectivity index (χ0v) is 11.4. The fourth-order valence-corrected chi connectivity index (χ4v) is 5.28. The number of Topliss-reactive ketones (excluding diaryl/α,β-unsaturated/α-hetero) is 2. The van der Waals surface area contributed by atoms with E-state index >= 15 is 0 Å². The topological polar surface area (TPSA) is 71.5 Å². The van der Waals surface area contributed by atoms with Crippen LogP contribution in [0.2, 0.25) is 0 Å². The first-order chi connectivity index (χ1) is 9.52. The van der Waals surface area contributed by atoms with E-state index in [0.717, 1.165) is 0 Å². The van der Waals surface area contributed by atoms with Gasteiger partial charge in [-0.3, -0.25) is 24.1 Å². The van der Waals surface area contributed by atoms with Crippen LogP contribution in [0, 0.1) is 35.5 Å². The molecule has 0 bridgehead atoms. The number of rotatable bonds is 0. The molecular formula is C15H17NO4. The lowest BCUT2D eigenvalue weighted by atomic mass is 9.55. The Bertz CT molecular complexity index is 508. The molecule has 106 valence electrons. The van der Waals surface area contributed by atoms with Crippen LogP contribution in [0.1, 0.15) is 25.7 Å². The van der Waals surface area contributed by atoms with E-state index in [9.17, 15) is 19.2 Å². The van der Waals surface area contributed by atoms with Gasteiger partial charge in [0.15, 0.2) is 0 Å². The first-order valence-electron chi connectivity index (χ1n) is 7.42. The Morgan fingerprint density at radius 3 is 1.50 bits per heavy atom. The number of nitrogens with zero attached hydrogens (tertiary/aromatic N) is 1. The van der Waals surface area contributed by atoms with E-state index in [0.29, 0.717) is 25.7 Å². The zero-order chi connectivity index (χ0) is 14.2. The second kappa shape index (κ2) is 3.77. The molecule has 0 N–H and O–H groups in total. The van der Waals surface area contributed by atoms with Crippen LogP contribution < -0.4 is 0 Å². The normalized spacial score (nSPS) is 46.8. The zero-order valence-electron chi connectivity index (χ0n) is 11.4. The van der Waals surface area contributed by atoms with E-state index < -0.39 is 0 Å². The third kappa shape index (κ3) is 1.24. The lowest BCUT2D eigenvalue weighted by Gasteiger charge is -2.51. The fraction of sp³-hybridized carbons (Fsp3) is 0.733. The van der Waals surface area contributed by atoms with Crippen molar-refractivity contribution in [2.45, 2.75) is 25.7 Å². The molecule has 0 aromatic carbocycles. The molecule has 4 fully saturated rings. The molecule has 0 aromatic heterocycles. The highest BCUT2D eigenvalue weighted by molar-refractivity contribution is 6.41. The van der Waals surface area contributed by atoms with Crippen molar-refractivity contribution in [3.8, 4) is 0 Å². The van der Waals surface area contributed by atoms with Gasteiger partial charge in [0.1, 0.15) is 0 Å². The van der Waals surface area contributed by atoms with Crippen LogP contribution in [0.5, 0.6) is 0 Å². The first-order valence-corrected chi connectivity index (χ1v) is 7.42. The molecule has 4 aliphatic rings. The average molecular weight is 275 g/mol. The molecule has 1 aliphatic heterocycles. The van der Waals surface area contributed by atoms with Gasteiger partial charge in [0.05, 0.1) is 0 Å². The number of likely N-dealkylation sites (tertiary alicyclic amines) is 1. The molecule has 5 nitrogen and oxygen atoms in total. The number of amides is 2. The minimum atomic E-state index is -0.238. The summed E-state index contributed by atoms with van der Waals surface area (Å²) in [6.45, 7) is 0. The third-order valence-corrected chi connectivity index (χ3v) is 6.09. The van der Waals surface area contributed by atoms with E-state index in [4.69, 9.17) is 0 Å². The molecule has 4 unspecified atom stereocenters. The van der Waals surface area contributed by atoms with Crippen molar-refractivity contribution in [1.29, 1.82) is 0 Å². The maximum Gasteiger partial charge on any atom is 0.232 e. The van der Waals surface area contributed by atoms with Crippen LogP contribution in [-0.4, -0.2) is 35.3 Å². The van der Waals surface area contributed by atoms with Gasteiger partial charge in [-0.1, -0.05) is 0 Å². The Balaban J connectivity index is 1.81. The maximum absolute atomic E-state index is 12.3. The smallest absolute Gasteiger partial charge is 0.232 e. The van der Waals surface area contributed by atoms with Gasteiger partial charge >= 0.3 is 0 Å². The highest BCUT2D eigenvalue weighted by Crippen LogP contribution is 2.57. The quantitative estimate of drug-likeness (QED) is 0.474. The van der Waals surface area contributed by atoms with Crippen LogP contribution in [-0.2, 0) is 19.2 Å². The van der Waals surface area contributed by atoms with E-state index in [2.05, 4.69) is 0 Å². The van der Waals surface area contributed by atoms with Crippen LogP contribution in [0.25, 0.3) is 0 Å². The van der Waals surface area contributed by atoms with Crippen molar-refractivity contribution in [3.63, 3.8) is 0 Å². The second-order valence-corrected chi connectivity index (χ2v) is 6.70. The van der Waals surface area contributed by atoms with Gasteiger partial charge < -0.3 is 0 Å². The van der Waals surface area contributed by atoms with E-state index in [1.54, 1.807) is 7.05 Å². The summed E-state index contributed by atoms with van der Waals surface area (Å²) in [5.74, 6) is -1.58. The maximum atomic E-state index is 12.3. The van der Waals surface area contributed by atoms with Gasteiger partial charge in [0.25, 0.3) is 0 Å². The SMILES string of the molecule is CN1C(=O)C2CCC3C(=O)C(=O)C4CCC(C1=O)C2C34. The van der Waals surface area contributed by atoms with Gasteiger partial charge in [-0.2, -0.15) is 0 Å². The highest BCUT2D eigenvalue weighted by Gasteiger charge is 2.63. The predicted octanol–water partition coefficient (Wildman–Crippen LogP) is 0.422. The van der Waals surface area contributed by atoms with Crippen molar-refractivity contribution in [2.75, 3.05) is 7.05 Å². The molecule has 2 amide bonds. The molecule has 3 aliphatic carbocycles. The van der Waals surface area contributed by atoms with E-state index in [1.807, 2.05) is 0 Å². The monoisotopic (exact) mass is 275 g/mol. The van der Waals surface area contributed by atoms with Crippen molar-refractivity contribution in [3.05, 3.63) is 0 Å². The average Bonchev–Trinajstić information content (AvgIpc) is 2.71. The third-order valence-electron chi connectivity index (χ3n) is 6.09. The minimum Gasteiger partial charge on any atom is -0.291 e. The molecule has 1 heterocycles. The van der Waals surface area contributed by atoms with Gasteiger partial charge in [0.2, 0.25) is 23.4 Å². The van der Waals surface area contributed by atoms with Crippen LogP contribution >= 0.6 is 0 Å². The Hall–Kier alpha value is -1.52. The van der Waals surface area contributed by atoms with Crippen molar-refractivity contribution >= 4 is 23.4 Å². The lowest BCUT2D eigenvalue weighted by molar-refractivity contribution is -0.168. The van der Waals surface area contributed by atoms with Crippen molar-refractivity contribution < 1.29 is 19.2 Å². The number of imide groups is 1. The Morgan fingerprint density at radius 1 is 0.700 bits per heavy atom. The molecule has 4 atom stereocenters. The van der Waals surface area contributed by atoms with Crippen molar-refractivity contribution in [1.82, 2.24) is 4.90 Å². The summed E-state index contributed by atoms with van der Waals surface area (Å²) in [6.07, 6.45) is 2.55. The first kappa shape index (κ1) is 12.2. The Kier molecular flexibility index (Phi) is 2.31. The summed E-state index contributed by atoms with van der Waals surface area (Å²) < 4.78 is 0. The molecule has 3 saturated carbocycles. The molecule has 20 heavy (non-hydrogen) atoms. The summed E-state index contributed by atoms with van der Waals surface area (Å²) in [7, 11) is 1.56. The standard InChI is InChI=1S/C15H17NO4/c1-16-14(19)8-4-2-6-10-7(13(18)12(6)17)3-5-9(11(8)10)15(16)20/h6-11H,2-5H2,1H3. The molecule has 1 saturated heterocycles. The number of carbonyl (C=O) groups is 4. The Morgan fingerprint density at radius 2 is 1.05 bits per heavy atom. The van der Waals surface area contributed by atoms with Gasteiger partial charge in [-0.25, -0.2) is 0 Å². The highest BCUT2D eigenvalue weighted by atomic mass is 16.2. The number of carbonyl (C=O) groups excluding carboxylic acids is 4. The molecule has 0 radical (unpaired) electrons. The predicted molar refractivity (Wildman–Crippen MR) is 67.2 cm³/mol. The van der Waals surface area contributed by atoms with Gasteiger partial charge in [0, 0.05) is 30.7 Å². The van der Waals surface area contributed by atoms with Crippen molar-refractivity contribution in [2.24, 2.45) is 35.5 Å². The van der Waals surface area contributed by atoms with Gasteiger partial charge in [-0.05, 0) is 37.5 Å². The number of ketones is 2. The lowest BCUT2D eigenvalue weighted by Crippen LogP contribution is -2.59. The van der Waals surface area contributed by atoms with Gasteiger partial charge in [-0.15, -0.1) is 0 Å². The molecular weight excluding hydrogens is 258 g/mol. The Labute approximate surface area is 116 Å². The number of hydrogen-bond acceptors (Lipinski definition) is 4. The summed E-state index contributed by atoms with van der Waals surface area (Å²) in [4.78, 5) is 50.1. The summed E-state index contributed by atoms with van der Waals surface area (Å²) in [5.41, 5.74) is 0. The molecule has 0 spiro atoms. The fourth-order valence-electron chi connectivity index (χ4n) is 5.28. The summed E-state index contributed by atoms with van der Waals surface area (Å²) in [5, 5.41) is 0. The molecule has 5 heteroatoms. The van der Waals surface area contributed by atoms with E-state index in [1.165, 1.54) is 4.90 Å². The minimum absolute atomic E-state index is 0.0471. The van der Waals surface area contributed by atoms with Crippen LogP contribution in [0.3, 0.4) is 0 Å². The molecule has 0 aromatic rings. The number of hydrogen-bond donors (Lipinski definition) is 0. The van der Waals surface area contributed by atoms with Crippen LogP contribution in [0.15, 0.2) is 0 Å². The number of piperidine rings is 1. The summed E-state index contributed by atoms with van der Waals surface area (Å²) in [6, 6.07) is 0. The second-order valence-electron chi connectivity index (χ2n) is 6.70.